The summed E-state index contributed by atoms with van der Waals surface area (Å²) in [4.78, 5) is 0. The molecule has 0 fully saturated rings. The standard InChI is InChI=1S/C15H32O4/c1-6-7-12-17-15(18-13(2)3,19-14(4)5)10-8-9-11-16/h13-14,16H,6-12H2,1-5H3. The van der Waals surface area contributed by atoms with E-state index in [0.29, 0.717) is 13.0 Å². The number of ether oxygens (including phenoxy) is 3. The normalized spacial score (nSPS) is 12.6. The van der Waals surface area contributed by atoms with Gasteiger partial charge in [-0.3, -0.25) is 0 Å². The summed E-state index contributed by atoms with van der Waals surface area (Å²) in [7, 11) is 0. The third-order valence-corrected chi connectivity index (χ3v) is 2.54. The van der Waals surface area contributed by atoms with Crippen LogP contribution in [0.3, 0.4) is 0 Å². The Morgan fingerprint density at radius 1 is 0.947 bits per heavy atom. The molecule has 0 amide bonds. The highest BCUT2D eigenvalue weighted by molar-refractivity contribution is 4.63. The molecule has 0 atom stereocenters. The van der Waals surface area contributed by atoms with Crippen LogP contribution in [0.4, 0.5) is 0 Å². The Hall–Kier alpha value is -0.160. The van der Waals surface area contributed by atoms with Crippen LogP contribution >= 0.6 is 0 Å². The lowest BCUT2D eigenvalue weighted by Crippen LogP contribution is -2.43. The zero-order valence-corrected chi connectivity index (χ0v) is 13.3. The summed E-state index contributed by atoms with van der Waals surface area (Å²) in [6.07, 6.45) is 4.35. The van der Waals surface area contributed by atoms with Crippen molar-refractivity contribution < 1.29 is 19.3 Å². The van der Waals surface area contributed by atoms with Gasteiger partial charge in [-0.15, -0.1) is 0 Å². The van der Waals surface area contributed by atoms with Gasteiger partial charge in [0.05, 0.1) is 18.8 Å². The molecule has 0 radical (unpaired) electrons. The Morgan fingerprint density at radius 2 is 1.53 bits per heavy atom. The molecule has 19 heavy (non-hydrogen) atoms. The van der Waals surface area contributed by atoms with E-state index in [-0.39, 0.29) is 18.8 Å². The first-order valence-corrected chi connectivity index (χ1v) is 7.56. The van der Waals surface area contributed by atoms with Crippen molar-refractivity contribution in [2.24, 2.45) is 0 Å². The van der Waals surface area contributed by atoms with Crippen LogP contribution in [0.2, 0.25) is 0 Å². The maximum absolute atomic E-state index is 8.92. The molecule has 116 valence electrons. The highest BCUT2D eigenvalue weighted by atomic mass is 16.9. The molecule has 0 aliphatic heterocycles. The molecule has 0 heterocycles. The third kappa shape index (κ3) is 9.38. The first-order chi connectivity index (χ1) is 8.95. The Kier molecular flexibility index (Phi) is 10.5. The van der Waals surface area contributed by atoms with Crippen molar-refractivity contribution in [3.05, 3.63) is 0 Å². The number of aliphatic hydroxyl groups is 1. The Morgan fingerprint density at radius 3 is 1.95 bits per heavy atom. The highest BCUT2D eigenvalue weighted by Gasteiger charge is 2.35. The van der Waals surface area contributed by atoms with Crippen molar-refractivity contribution in [2.45, 2.75) is 84.9 Å². The molecule has 0 spiro atoms. The lowest BCUT2D eigenvalue weighted by molar-refractivity contribution is -0.403. The van der Waals surface area contributed by atoms with E-state index in [0.717, 1.165) is 25.7 Å². The second kappa shape index (κ2) is 10.6. The van der Waals surface area contributed by atoms with Gasteiger partial charge in [-0.2, -0.15) is 0 Å². The quantitative estimate of drug-likeness (QED) is 0.438. The van der Waals surface area contributed by atoms with Crippen molar-refractivity contribution >= 4 is 0 Å². The van der Waals surface area contributed by atoms with Gasteiger partial charge in [0.25, 0.3) is 5.97 Å². The van der Waals surface area contributed by atoms with Gasteiger partial charge < -0.3 is 19.3 Å². The zero-order valence-electron chi connectivity index (χ0n) is 13.3. The molecule has 0 saturated heterocycles. The number of unbranched alkanes of at least 4 members (excludes halogenated alkanes) is 2. The number of hydrogen-bond acceptors (Lipinski definition) is 4. The predicted octanol–water partition coefficient (Wildman–Crippen LogP) is 3.47. The molecule has 1 N–H and O–H groups in total. The Bertz CT molecular complexity index is 182. The molecule has 0 rings (SSSR count). The predicted molar refractivity (Wildman–Crippen MR) is 77.0 cm³/mol. The van der Waals surface area contributed by atoms with E-state index in [1.807, 2.05) is 27.7 Å². The molecule has 0 aromatic carbocycles. The molecular weight excluding hydrogens is 244 g/mol. The van der Waals surface area contributed by atoms with Crippen molar-refractivity contribution in [2.75, 3.05) is 13.2 Å². The van der Waals surface area contributed by atoms with Crippen LogP contribution in [0, 0.1) is 0 Å². The van der Waals surface area contributed by atoms with Crippen LogP contribution in [0.1, 0.15) is 66.7 Å². The van der Waals surface area contributed by atoms with E-state index in [9.17, 15) is 0 Å². The monoisotopic (exact) mass is 276 g/mol. The fourth-order valence-corrected chi connectivity index (χ4v) is 1.83. The summed E-state index contributed by atoms with van der Waals surface area (Å²) in [5.74, 6) is -0.966. The van der Waals surface area contributed by atoms with Crippen LogP contribution in [0.25, 0.3) is 0 Å². The van der Waals surface area contributed by atoms with Crippen molar-refractivity contribution in [3.8, 4) is 0 Å². The van der Waals surface area contributed by atoms with Crippen LogP contribution < -0.4 is 0 Å². The van der Waals surface area contributed by atoms with E-state index in [1.54, 1.807) is 0 Å². The summed E-state index contributed by atoms with van der Waals surface area (Å²) in [5.41, 5.74) is 0. The fraction of sp³-hybridized carbons (Fsp3) is 1.00. The van der Waals surface area contributed by atoms with Crippen molar-refractivity contribution in [1.29, 1.82) is 0 Å². The molecule has 0 aromatic heterocycles. The van der Waals surface area contributed by atoms with E-state index >= 15 is 0 Å². The summed E-state index contributed by atoms with van der Waals surface area (Å²) in [6, 6.07) is 0. The van der Waals surface area contributed by atoms with Gasteiger partial charge >= 0.3 is 0 Å². The summed E-state index contributed by atoms with van der Waals surface area (Å²) < 4.78 is 17.7. The van der Waals surface area contributed by atoms with Crippen LogP contribution in [0.5, 0.6) is 0 Å². The molecular formula is C15H32O4. The Balaban J connectivity index is 4.63. The van der Waals surface area contributed by atoms with E-state index in [1.165, 1.54) is 0 Å². The van der Waals surface area contributed by atoms with Gasteiger partial charge in [0.1, 0.15) is 0 Å². The third-order valence-electron chi connectivity index (χ3n) is 2.54. The molecule has 0 aliphatic carbocycles. The average molecular weight is 276 g/mol. The number of hydrogen-bond donors (Lipinski definition) is 1. The minimum absolute atomic E-state index is 0.0366. The maximum Gasteiger partial charge on any atom is 0.283 e. The van der Waals surface area contributed by atoms with E-state index in [2.05, 4.69) is 6.92 Å². The largest absolute Gasteiger partial charge is 0.396 e. The maximum atomic E-state index is 8.92. The Labute approximate surface area is 118 Å². The molecule has 0 aliphatic rings. The van der Waals surface area contributed by atoms with Gasteiger partial charge in [-0.05, 0) is 47.0 Å². The summed E-state index contributed by atoms with van der Waals surface area (Å²) >= 11 is 0. The topological polar surface area (TPSA) is 47.9 Å². The smallest absolute Gasteiger partial charge is 0.283 e. The second-order valence-electron chi connectivity index (χ2n) is 5.40. The van der Waals surface area contributed by atoms with Crippen molar-refractivity contribution in [1.82, 2.24) is 0 Å². The highest BCUT2D eigenvalue weighted by Crippen LogP contribution is 2.27. The minimum Gasteiger partial charge on any atom is -0.396 e. The molecule has 4 heteroatoms. The fourth-order valence-electron chi connectivity index (χ4n) is 1.83. The number of rotatable bonds is 12. The summed E-state index contributed by atoms with van der Waals surface area (Å²) in [5, 5.41) is 8.92. The molecule has 4 nitrogen and oxygen atoms in total. The first-order valence-electron chi connectivity index (χ1n) is 7.56. The van der Waals surface area contributed by atoms with Gasteiger partial charge in [0.15, 0.2) is 0 Å². The molecule has 0 saturated carbocycles. The molecule has 0 unspecified atom stereocenters. The van der Waals surface area contributed by atoms with Gasteiger partial charge in [-0.25, -0.2) is 0 Å². The number of aliphatic hydroxyl groups excluding tert-OH is 1. The average Bonchev–Trinajstić information content (AvgIpc) is 2.27. The van der Waals surface area contributed by atoms with E-state index < -0.39 is 5.97 Å². The SMILES string of the molecule is CCCCOC(CCCCO)(OC(C)C)OC(C)C. The lowest BCUT2D eigenvalue weighted by Gasteiger charge is -2.36. The molecule has 0 aromatic rings. The van der Waals surface area contributed by atoms with Gasteiger partial charge in [0.2, 0.25) is 0 Å². The first kappa shape index (κ1) is 18.8. The van der Waals surface area contributed by atoms with Crippen LogP contribution in [0.15, 0.2) is 0 Å². The van der Waals surface area contributed by atoms with Gasteiger partial charge in [-0.1, -0.05) is 13.3 Å². The zero-order chi connectivity index (χ0) is 14.7. The second-order valence-corrected chi connectivity index (χ2v) is 5.40. The summed E-state index contributed by atoms with van der Waals surface area (Å²) in [6.45, 7) is 10.9. The lowest BCUT2D eigenvalue weighted by atomic mass is 10.2. The van der Waals surface area contributed by atoms with Gasteiger partial charge in [0, 0.05) is 13.0 Å². The minimum atomic E-state index is -0.966. The van der Waals surface area contributed by atoms with E-state index in [4.69, 9.17) is 19.3 Å². The van der Waals surface area contributed by atoms with Crippen LogP contribution in [-0.2, 0) is 14.2 Å². The van der Waals surface area contributed by atoms with Crippen molar-refractivity contribution in [3.63, 3.8) is 0 Å². The molecule has 0 bridgehead atoms. The van der Waals surface area contributed by atoms with Crippen LogP contribution in [-0.4, -0.2) is 36.5 Å².